The van der Waals surface area contributed by atoms with E-state index in [9.17, 15) is 0 Å². The third kappa shape index (κ3) is 6.23. The molecule has 2 aromatic carbocycles. The largest absolute Gasteiger partial charge is 0.307 e. The number of allylic oxidation sites excluding steroid dienone is 1. The van der Waals surface area contributed by atoms with E-state index in [2.05, 4.69) is 75.6 Å². The van der Waals surface area contributed by atoms with Gasteiger partial charge in [-0.15, -0.1) is 0 Å². The molecule has 240 valence electrons. The van der Waals surface area contributed by atoms with Crippen LogP contribution in [0.4, 0.5) is 11.4 Å². The third-order valence-corrected chi connectivity index (χ3v) is 16.2. The van der Waals surface area contributed by atoms with Crippen LogP contribution in [0.1, 0.15) is 123 Å². The molecular formula is C39H55Cl2N2P. The minimum atomic E-state index is -0.349. The van der Waals surface area contributed by atoms with Crippen LogP contribution in [-0.4, -0.2) is 28.0 Å². The van der Waals surface area contributed by atoms with Crippen LogP contribution in [0.2, 0.25) is 0 Å². The zero-order valence-corrected chi connectivity index (χ0v) is 30.6. The van der Waals surface area contributed by atoms with Crippen LogP contribution in [0, 0.1) is 41.5 Å². The zero-order chi connectivity index (χ0) is 31.1. The Labute approximate surface area is 279 Å². The van der Waals surface area contributed by atoms with Gasteiger partial charge in [-0.3, -0.25) is 0 Å². The van der Waals surface area contributed by atoms with Gasteiger partial charge in [0.15, 0.2) is 0 Å². The molecule has 0 spiro atoms. The van der Waals surface area contributed by atoms with E-state index in [0.717, 1.165) is 11.3 Å². The lowest BCUT2D eigenvalue weighted by Gasteiger charge is -2.46. The summed E-state index contributed by atoms with van der Waals surface area (Å²) in [5, 5.41) is 0. The zero-order valence-electron chi connectivity index (χ0n) is 28.2. The van der Waals surface area contributed by atoms with E-state index in [-0.39, 0.29) is 18.9 Å². The maximum Gasteiger partial charge on any atom is 0.144 e. The van der Waals surface area contributed by atoms with Crippen molar-refractivity contribution >= 4 is 42.5 Å². The van der Waals surface area contributed by atoms with Crippen molar-refractivity contribution in [2.75, 3.05) is 9.80 Å². The minimum Gasteiger partial charge on any atom is -0.307 e. The van der Waals surface area contributed by atoms with E-state index >= 15 is 0 Å². The van der Waals surface area contributed by atoms with Gasteiger partial charge in [0.05, 0.1) is 0 Å². The molecule has 0 N–H and O–H groups in total. The molecule has 4 fully saturated rings. The molecule has 5 heteroatoms. The van der Waals surface area contributed by atoms with Crippen molar-refractivity contribution in [3.63, 3.8) is 0 Å². The highest BCUT2D eigenvalue weighted by Gasteiger charge is 2.49. The molecule has 0 bridgehead atoms. The van der Waals surface area contributed by atoms with Crippen LogP contribution in [0.25, 0.3) is 0 Å². The number of halogens is 2. The normalized spacial score (nSPS) is 25.9. The van der Waals surface area contributed by atoms with Crippen molar-refractivity contribution in [2.45, 2.75) is 159 Å². The molecule has 2 nitrogen and oxygen atoms in total. The quantitative estimate of drug-likeness (QED) is 0.180. The van der Waals surface area contributed by atoms with E-state index in [1.807, 2.05) is 0 Å². The Kier molecular flexibility index (Phi) is 10.3. The summed E-state index contributed by atoms with van der Waals surface area (Å²) < 4.78 is 0. The van der Waals surface area contributed by atoms with E-state index in [0.29, 0.717) is 5.66 Å². The van der Waals surface area contributed by atoms with Gasteiger partial charge in [-0.1, -0.05) is 111 Å². The SMILES string of the molecule is Cc1cc(C)c(N2C(=C3CCCCC3P(C3CCCCC3)C3CCCCC3)N(c3c(C)cc(C)cc3C)C(Cl)C2Cl)c(C)c1. The number of nitrogens with zero attached hydrogens (tertiary/aromatic N) is 2. The molecule has 4 aliphatic rings. The maximum atomic E-state index is 7.59. The van der Waals surface area contributed by atoms with Crippen molar-refractivity contribution in [1.82, 2.24) is 0 Å². The molecular weight excluding hydrogens is 598 g/mol. The Bertz CT molecular complexity index is 1240. The molecule has 3 aliphatic carbocycles. The van der Waals surface area contributed by atoms with Gasteiger partial charge in [-0.25, -0.2) is 0 Å². The van der Waals surface area contributed by atoms with Gasteiger partial charge in [0.25, 0.3) is 0 Å². The minimum absolute atomic E-state index is 0.113. The standard InChI is InChI=1S/C39H55Cl2N2P/c1-25-21-27(3)35(28(4)22-25)42-37(40)38(41)43(36-29(5)23-26(2)24-30(36)6)39(42)33-19-13-14-20-34(33)44(31-15-9-7-10-16-31)32-17-11-8-12-18-32/h21-24,31-32,34,37-38H,7-20H2,1-6H3. The second-order valence-corrected chi connectivity index (χ2v) is 18.5. The average Bonchev–Trinajstić information content (AvgIpc) is 3.23. The van der Waals surface area contributed by atoms with Crippen LogP contribution in [-0.2, 0) is 0 Å². The van der Waals surface area contributed by atoms with Crippen molar-refractivity contribution < 1.29 is 0 Å². The second kappa shape index (κ2) is 13.9. The fourth-order valence-corrected chi connectivity index (χ4v) is 14.8. The first-order valence-corrected chi connectivity index (χ1v) is 20.1. The van der Waals surface area contributed by atoms with Gasteiger partial charge in [0.1, 0.15) is 16.8 Å². The number of hydrogen-bond acceptors (Lipinski definition) is 2. The number of aryl methyl sites for hydroxylation is 6. The molecule has 0 radical (unpaired) electrons. The highest BCUT2D eigenvalue weighted by Crippen LogP contribution is 2.64. The Morgan fingerprint density at radius 1 is 0.545 bits per heavy atom. The first-order chi connectivity index (χ1) is 21.2. The topological polar surface area (TPSA) is 6.48 Å². The summed E-state index contributed by atoms with van der Waals surface area (Å²) in [6.45, 7) is 13.5. The molecule has 2 aromatic rings. The predicted octanol–water partition coefficient (Wildman–Crippen LogP) is 12.3. The third-order valence-electron chi connectivity index (χ3n) is 11.1. The van der Waals surface area contributed by atoms with E-state index < -0.39 is 0 Å². The number of rotatable bonds is 5. The molecule has 1 aliphatic heterocycles. The number of benzene rings is 2. The van der Waals surface area contributed by atoms with Gasteiger partial charge in [-0.2, -0.15) is 0 Å². The van der Waals surface area contributed by atoms with Crippen LogP contribution in [0.3, 0.4) is 0 Å². The Hall–Kier alpha value is -1.21. The number of anilines is 2. The first kappa shape index (κ1) is 32.7. The molecule has 6 rings (SSSR count). The number of alkyl halides is 2. The summed E-state index contributed by atoms with van der Waals surface area (Å²) in [6.07, 6.45) is 19.6. The predicted molar refractivity (Wildman–Crippen MR) is 195 cm³/mol. The Morgan fingerprint density at radius 2 is 0.932 bits per heavy atom. The number of hydrogen-bond donors (Lipinski definition) is 0. The Balaban J connectivity index is 1.59. The van der Waals surface area contributed by atoms with Crippen LogP contribution >= 0.6 is 31.1 Å². The first-order valence-electron chi connectivity index (χ1n) is 17.7. The molecule has 3 unspecified atom stereocenters. The summed E-state index contributed by atoms with van der Waals surface area (Å²) in [7, 11) is -0.113. The summed E-state index contributed by atoms with van der Waals surface area (Å²) in [5.74, 6) is 1.33. The van der Waals surface area contributed by atoms with Gasteiger partial charge < -0.3 is 9.80 Å². The maximum absolute atomic E-state index is 7.59. The monoisotopic (exact) mass is 652 g/mol. The lowest BCUT2D eigenvalue weighted by Crippen LogP contribution is -2.35. The summed E-state index contributed by atoms with van der Waals surface area (Å²) in [4.78, 5) is 5.01. The molecule has 1 saturated heterocycles. The molecule has 3 saturated carbocycles. The highest BCUT2D eigenvalue weighted by atomic mass is 35.5. The van der Waals surface area contributed by atoms with Gasteiger partial charge in [0, 0.05) is 17.0 Å². The molecule has 0 amide bonds. The highest BCUT2D eigenvalue weighted by molar-refractivity contribution is 7.60. The fourth-order valence-electron chi connectivity index (χ4n) is 9.62. The van der Waals surface area contributed by atoms with Crippen LogP contribution in [0.5, 0.6) is 0 Å². The van der Waals surface area contributed by atoms with E-state index in [4.69, 9.17) is 23.2 Å². The average molecular weight is 654 g/mol. The van der Waals surface area contributed by atoms with Crippen LogP contribution in [0.15, 0.2) is 35.7 Å². The van der Waals surface area contributed by atoms with Gasteiger partial charge >= 0.3 is 0 Å². The van der Waals surface area contributed by atoms with Crippen molar-refractivity contribution in [3.05, 3.63) is 69.0 Å². The van der Waals surface area contributed by atoms with Gasteiger partial charge in [0.2, 0.25) is 0 Å². The molecule has 3 atom stereocenters. The van der Waals surface area contributed by atoms with Crippen molar-refractivity contribution in [3.8, 4) is 0 Å². The fraction of sp³-hybridized carbons (Fsp3) is 0.641. The van der Waals surface area contributed by atoms with Crippen LogP contribution < -0.4 is 9.80 Å². The second-order valence-electron chi connectivity index (χ2n) is 14.6. The Morgan fingerprint density at radius 3 is 1.34 bits per heavy atom. The van der Waals surface area contributed by atoms with Gasteiger partial charge in [-0.05, 0) is 126 Å². The van der Waals surface area contributed by atoms with Crippen molar-refractivity contribution in [1.29, 1.82) is 0 Å². The molecule has 44 heavy (non-hydrogen) atoms. The lowest BCUT2D eigenvalue weighted by molar-refractivity contribution is 0.476. The van der Waals surface area contributed by atoms with E-state index in [1.54, 1.807) is 5.57 Å². The summed E-state index contributed by atoms with van der Waals surface area (Å²) in [6, 6.07) is 9.32. The molecule has 0 aromatic heterocycles. The van der Waals surface area contributed by atoms with Crippen molar-refractivity contribution in [2.24, 2.45) is 0 Å². The lowest BCUT2D eigenvalue weighted by atomic mass is 9.92. The summed E-state index contributed by atoms with van der Waals surface area (Å²) in [5.41, 5.74) is 13.8. The smallest absolute Gasteiger partial charge is 0.144 e. The van der Waals surface area contributed by atoms with E-state index in [1.165, 1.54) is 140 Å². The summed E-state index contributed by atoms with van der Waals surface area (Å²) >= 11 is 15.2. The molecule has 1 heterocycles.